The fourth-order valence-electron chi connectivity index (χ4n) is 1.80. The summed E-state index contributed by atoms with van der Waals surface area (Å²) in [6.45, 7) is 1.61. The van der Waals surface area contributed by atoms with Gasteiger partial charge in [-0.2, -0.15) is 0 Å². The maximum absolute atomic E-state index is 11.7. The smallest absolute Gasteiger partial charge is 0.346 e. The Morgan fingerprint density at radius 1 is 1.50 bits per heavy atom. The van der Waals surface area contributed by atoms with Gasteiger partial charge in [0.25, 0.3) is 0 Å². The molecule has 2 rings (SSSR count). The number of carboxylic acid groups (broad SMARTS) is 1. The third kappa shape index (κ3) is 2.26. The quantitative estimate of drug-likeness (QED) is 0.851. The van der Waals surface area contributed by atoms with Gasteiger partial charge in [0.05, 0.1) is 18.5 Å². The summed E-state index contributed by atoms with van der Waals surface area (Å²) in [6, 6.07) is 4.98. The number of aliphatic carboxylic acids is 1. The lowest BCUT2D eigenvalue weighted by Crippen LogP contribution is -2.46. The van der Waals surface area contributed by atoms with Crippen LogP contribution in [-0.2, 0) is 14.8 Å². The minimum Gasteiger partial charge on any atom is -0.478 e. The van der Waals surface area contributed by atoms with Crippen molar-refractivity contribution in [1.29, 1.82) is 0 Å². The van der Waals surface area contributed by atoms with E-state index >= 15 is 0 Å². The summed E-state index contributed by atoms with van der Waals surface area (Å²) in [6.07, 6.45) is -0.140. The maximum atomic E-state index is 11.7. The van der Waals surface area contributed by atoms with Crippen molar-refractivity contribution in [3.63, 3.8) is 0 Å². The lowest BCUT2D eigenvalue weighted by molar-refractivity contribution is -0.144. The molecule has 0 spiro atoms. The molecule has 18 heavy (non-hydrogen) atoms. The van der Waals surface area contributed by atoms with Crippen LogP contribution in [0.1, 0.15) is 5.56 Å². The Kier molecular flexibility index (Phi) is 2.94. The molecule has 0 unspecified atom stereocenters. The molecule has 1 aliphatic rings. The van der Waals surface area contributed by atoms with Crippen LogP contribution in [-0.4, -0.2) is 38.4 Å². The van der Waals surface area contributed by atoms with E-state index in [-0.39, 0.29) is 12.3 Å². The average Bonchev–Trinajstić information content (AvgIpc) is 2.26. The predicted molar refractivity (Wildman–Crippen MR) is 65.4 cm³/mol. The van der Waals surface area contributed by atoms with Crippen molar-refractivity contribution in [2.75, 3.05) is 17.1 Å². The number of sulfonamides is 1. The Morgan fingerprint density at radius 3 is 2.72 bits per heavy atom. The minimum absolute atomic E-state index is 0.218. The zero-order chi connectivity index (χ0) is 13.5. The van der Waals surface area contributed by atoms with Crippen molar-refractivity contribution < 1.29 is 23.1 Å². The van der Waals surface area contributed by atoms with Crippen LogP contribution in [0.3, 0.4) is 0 Å². The SMILES string of the molecule is Cc1ccc2c(c1)N(S(C)(=O)=O)C[C@@H](C(=O)O)O2. The lowest BCUT2D eigenvalue weighted by Gasteiger charge is -2.33. The Morgan fingerprint density at radius 2 is 2.17 bits per heavy atom. The third-order valence-corrected chi connectivity index (χ3v) is 3.81. The molecule has 6 nitrogen and oxygen atoms in total. The largest absolute Gasteiger partial charge is 0.478 e. The fraction of sp³-hybridized carbons (Fsp3) is 0.364. The summed E-state index contributed by atoms with van der Waals surface area (Å²) in [5.74, 6) is -0.917. The van der Waals surface area contributed by atoms with Crippen molar-refractivity contribution in [2.24, 2.45) is 0 Å². The van der Waals surface area contributed by atoms with Crippen molar-refractivity contribution in [3.05, 3.63) is 23.8 Å². The summed E-state index contributed by atoms with van der Waals surface area (Å²) in [4.78, 5) is 11.0. The van der Waals surface area contributed by atoms with Crippen molar-refractivity contribution in [2.45, 2.75) is 13.0 Å². The van der Waals surface area contributed by atoms with E-state index in [9.17, 15) is 13.2 Å². The molecular formula is C11H13NO5S. The number of carboxylic acids is 1. The van der Waals surface area contributed by atoms with Gasteiger partial charge in [0.2, 0.25) is 16.1 Å². The van der Waals surface area contributed by atoms with E-state index in [0.717, 1.165) is 16.1 Å². The molecule has 0 radical (unpaired) electrons. The number of carbonyl (C=O) groups is 1. The highest BCUT2D eigenvalue weighted by atomic mass is 32.2. The van der Waals surface area contributed by atoms with Crippen molar-refractivity contribution in [1.82, 2.24) is 0 Å². The summed E-state index contributed by atoms with van der Waals surface area (Å²) in [5, 5.41) is 8.96. The standard InChI is InChI=1S/C11H13NO5S/c1-7-3-4-9-8(5-7)12(18(2,15)16)6-10(17-9)11(13)14/h3-5,10H,6H2,1-2H3,(H,13,14)/t10-/m0/s1. The zero-order valence-electron chi connectivity index (χ0n) is 9.95. The van der Waals surface area contributed by atoms with E-state index in [2.05, 4.69) is 0 Å². The zero-order valence-corrected chi connectivity index (χ0v) is 10.8. The molecule has 0 aliphatic carbocycles. The summed E-state index contributed by atoms with van der Waals surface area (Å²) >= 11 is 0. The van der Waals surface area contributed by atoms with Gasteiger partial charge in [-0.15, -0.1) is 0 Å². The third-order valence-electron chi connectivity index (χ3n) is 2.66. The van der Waals surface area contributed by atoms with E-state index in [1.807, 2.05) is 6.92 Å². The number of benzene rings is 1. The topological polar surface area (TPSA) is 83.9 Å². The van der Waals surface area contributed by atoms with Gasteiger partial charge >= 0.3 is 5.97 Å². The molecule has 0 saturated carbocycles. The second kappa shape index (κ2) is 4.16. The molecule has 0 aromatic heterocycles. The molecule has 1 atom stereocenters. The highest BCUT2D eigenvalue weighted by molar-refractivity contribution is 7.92. The van der Waals surface area contributed by atoms with Gasteiger partial charge in [-0.25, -0.2) is 13.2 Å². The molecular weight excluding hydrogens is 258 g/mol. The monoisotopic (exact) mass is 271 g/mol. The number of nitrogens with zero attached hydrogens (tertiary/aromatic N) is 1. The number of hydrogen-bond donors (Lipinski definition) is 1. The highest BCUT2D eigenvalue weighted by Gasteiger charge is 2.34. The number of anilines is 1. The molecule has 7 heteroatoms. The van der Waals surface area contributed by atoms with E-state index in [1.165, 1.54) is 0 Å². The van der Waals surface area contributed by atoms with Crippen LogP contribution >= 0.6 is 0 Å². The Labute approximate surface area is 105 Å². The van der Waals surface area contributed by atoms with Crippen molar-refractivity contribution >= 4 is 21.7 Å². The molecule has 1 heterocycles. The first-order valence-electron chi connectivity index (χ1n) is 5.27. The van der Waals surface area contributed by atoms with Gasteiger partial charge in [-0.05, 0) is 24.6 Å². The number of hydrogen-bond acceptors (Lipinski definition) is 4. The first-order valence-corrected chi connectivity index (χ1v) is 7.11. The molecule has 1 aliphatic heterocycles. The minimum atomic E-state index is -3.53. The summed E-state index contributed by atoms with van der Waals surface area (Å²) in [7, 11) is -3.53. The lowest BCUT2D eigenvalue weighted by atomic mass is 10.1. The van der Waals surface area contributed by atoms with E-state index in [4.69, 9.17) is 9.84 Å². The number of fused-ring (bicyclic) bond motifs is 1. The van der Waals surface area contributed by atoms with Gasteiger partial charge < -0.3 is 9.84 Å². The predicted octanol–water partition coefficient (Wildman–Crippen LogP) is 0.607. The van der Waals surface area contributed by atoms with Crippen LogP contribution in [0.5, 0.6) is 5.75 Å². The summed E-state index contributed by atoms with van der Waals surface area (Å²) < 4.78 is 29.7. The van der Waals surface area contributed by atoms with Gasteiger partial charge in [0.15, 0.2) is 0 Å². The normalized spacial score (nSPS) is 19.0. The Bertz CT molecular complexity index is 595. The van der Waals surface area contributed by atoms with Gasteiger partial charge in [0, 0.05) is 0 Å². The Hall–Kier alpha value is -1.76. The van der Waals surface area contributed by atoms with Crippen LogP contribution in [0.15, 0.2) is 18.2 Å². The first-order chi connectivity index (χ1) is 8.29. The fourth-order valence-corrected chi connectivity index (χ4v) is 2.71. The average molecular weight is 271 g/mol. The number of ether oxygens (including phenoxy) is 1. The highest BCUT2D eigenvalue weighted by Crippen LogP contribution is 2.35. The van der Waals surface area contributed by atoms with Crippen LogP contribution < -0.4 is 9.04 Å². The molecule has 1 aromatic carbocycles. The van der Waals surface area contributed by atoms with E-state index < -0.39 is 22.1 Å². The summed E-state index contributed by atoms with van der Waals surface area (Å²) in [5.41, 5.74) is 1.26. The van der Waals surface area contributed by atoms with Crippen molar-refractivity contribution in [3.8, 4) is 5.75 Å². The maximum Gasteiger partial charge on any atom is 0.346 e. The van der Waals surface area contributed by atoms with Gasteiger partial charge in [0.1, 0.15) is 5.75 Å². The van der Waals surface area contributed by atoms with Gasteiger partial charge in [-0.3, -0.25) is 4.31 Å². The van der Waals surface area contributed by atoms with Crippen LogP contribution in [0.25, 0.3) is 0 Å². The van der Waals surface area contributed by atoms with Gasteiger partial charge in [-0.1, -0.05) is 6.07 Å². The molecule has 0 bridgehead atoms. The van der Waals surface area contributed by atoms with E-state index in [1.54, 1.807) is 18.2 Å². The molecule has 1 aromatic rings. The second-order valence-corrected chi connectivity index (χ2v) is 6.12. The number of rotatable bonds is 2. The molecule has 0 amide bonds. The molecule has 0 saturated heterocycles. The van der Waals surface area contributed by atoms with Crippen LogP contribution in [0.4, 0.5) is 5.69 Å². The number of aryl methyl sites for hydroxylation is 1. The molecule has 0 fully saturated rings. The molecule has 1 N–H and O–H groups in total. The molecule has 98 valence electrons. The van der Waals surface area contributed by atoms with Crippen LogP contribution in [0.2, 0.25) is 0 Å². The van der Waals surface area contributed by atoms with Crippen LogP contribution in [0, 0.1) is 6.92 Å². The first kappa shape index (κ1) is 12.7. The second-order valence-electron chi connectivity index (χ2n) is 4.21. The van der Waals surface area contributed by atoms with E-state index in [0.29, 0.717) is 5.69 Å². The Balaban J connectivity index is 2.54.